The van der Waals surface area contributed by atoms with Crippen LogP contribution in [0.25, 0.3) is 0 Å². The fraction of sp³-hybridized carbons (Fsp3) is 0.462. The average Bonchev–Trinajstić information content (AvgIpc) is 2.82. The number of rotatable bonds is 1. The van der Waals surface area contributed by atoms with Gasteiger partial charge in [0.25, 0.3) is 0 Å². The maximum Gasteiger partial charge on any atom is 0.0392 e. The first-order valence-corrected chi connectivity index (χ1v) is 5.78. The molecule has 2 nitrogen and oxygen atoms in total. The zero-order valence-corrected chi connectivity index (χ0v) is 8.87. The normalized spacial score (nSPS) is 24.3. The van der Waals surface area contributed by atoms with E-state index in [2.05, 4.69) is 34.6 Å². The molecular weight excluding hydrogens is 184 g/mol. The van der Waals surface area contributed by atoms with E-state index in [0.29, 0.717) is 5.92 Å². The Morgan fingerprint density at radius 1 is 1.27 bits per heavy atom. The van der Waals surface area contributed by atoms with Crippen LogP contribution in [0.4, 0.5) is 5.69 Å². The average molecular weight is 200 g/mol. The monoisotopic (exact) mass is 200 g/mol. The Hall–Kier alpha value is -1.31. The Labute approximate surface area is 90.4 Å². The topological polar surface area (TPSA) is 24.4 Å². The number of benzene rings is 1. The quantitative estimate of drug-likeness (QED) is 0.740. The zero-order chi connectivity index (χ0) is 10.1. The van der Waals surface area contributed by atoms with Crippen LogP contribution in [0.5, 0.6) is 0 Å². The van der Waals surface area contributed by atoms with Crippen molar-refractivity contribution in [2.45, 2.75) is 19.3 Å². The molecule has 0 radical (unpaired) electrons. The molecule has 3 rings (SSSR count). The Balaban J connectivity index is 1.82. The predicted octanol–water partition coefficient (Wildman–Crippen LogP) is 2.51. The summed E-state index contributed by atoms with van der Waals surface area (Å²) in [7, 11) is 0. The fourth-order valence-corrected chi connectivity index (χ4v) is 2.57. The van der Waals surface area contributed by atoms with E-state index in [1.807, 2.05) is 0 Å². The molecule has 2 heteroatoms. The molecular formula is C13H16N2. The molecule has 78 valence electrons. The van der Waals surface area contributed by atoms with Crippen molar-refractivity contribution in [1.29, 1.82) is 0 Å². The summed E-state index contributed by atoms with van der Waals surface area (Å²) in [6.45, 7) is 2.11. The number of para-hydroxylation sites is 1. The van der Waals surface area contributed by atoms with Crippen LogP contribution in [-0.4, -0.2) is 18.8 Å². The highest BCUT2D eigenvalue weighted by atomic mass is 14.9. The van der Waals surface area contributed by atoms with Crippen LogP contribution < -0.4 is 5.32 Å². The predicted molar refractivity (Wildman–Crippen MR) is 63.7 cm³/mol. The van der Waals surface area contributed by atoms with E-state index in [0.717, 1.165) is 13.1 Å². The summed E-state index contributed by atoms with van der Waals surface area (Å²) >= 11 is 0. The lowest BCUT2D eigenvalue weighted by atomic mass is 9.89. The molecule has 1 aromatic carbocycles. The van der Waals surface area contributed by atoms with Gasteiger partial charge in [-0.15, -0.1) is 0 Å². The van der Waals surface area contributed by atoms with Crippen molar-refractivity contribution in [3.8, 4) is 0 Å². The van der Waals surface area contributed by atoms with Crippen molar-refractivity contribution in [2.75, 3.05) is 18.4 Å². The van der Waals surface area contributed by atoms with Gasteiger partial charge in [-0.25, -0.2) is 0 Å². The maximum absolute atomic E-state index is 4.61. The second kappa shape index (κ2) is 3.69. The van der Waals surface area contributed by atoms with Gasteiger partial charge in [0.15, 0.2) is 0 Å². The molecule has 0 spiro atoms. The summed E-state index contributed by atoms with van der Waals surface area (Å²) in [4.78, 5) is 4.61. The Kier molecular flexibility index (Phi) is 2.20. The third-order valence-corrected chi connectivity index (χ3v) is 3.40. The van der Waals surface area contributed by atoms with Gasteiger partial charge in [0, 0.05) is 30.4 Å². The molecule has 2 aliphatic rings. The molecule has 0 amide bonds. The summed E-state index contributed by atoms with van der Waals surface area (Å²) in [5.74, 6) is 0.641. The van der Waals surface area contributed by atoms with Crippen molar-refractivity contribution >= 4 is 11.4 Å². The summed E-state index contributed by atoms with van der Waals surface area (Å²) < 4.78 is 0. The molecule has 1 N–H and O–H groups in total. The van der Waals surface area contributed by atoms with E-state index in [1.54, 1.807) is 0 Å². The number of aliphatic imine (C=N–C) groups is 1. The molecule has 1 aromatic rings. The second-order valence-electron chi connectivity index (χ2n) is 4.42. The molecule has 0 fully saturated rings. The van der Waals surface area contributed by atoms with Crippen molar-refractivity contribution in [3.05, 3.63) is 29.8 Å². The number of hydrogen-bond donors (Lipinski definition) is 1. The van der Waals surface area contributed by atoms with E-state index < -0.39 is 0 Å². The highest BCUT2D eigenvalue weighted by Crippen LogP contribution is 2.27. The minimum absolute atomic E-state index is 0.641. The number of fused-ring (bicyclic) bond motifs is 1. The minimum atomic E-state index is 0.641. The van der Waals surface area contributed by atoms with E-state index in [1.165, 1.54) is 36.2 Å². The van der Waals surface area contributed by atoms with Crippen LogP contribution in [0.2, 0.25) is 0 Å². The summed E-state index contributed by atoms with van der Waals surface area (Å²) in [6.07, 6.45) is 3.64. The molecule has 0 saturated heterocycles. The van der Waals surface area contributed by atoms with Crippen LogP contribution in [0.3, 0.4) is 0 Å². The first-order valence-electron chi connectivity index (χ1n) is 5.78. The molecule has 2 heterocycles. The van der Waals surface area contributed by atoms with Crippen LogP contribution in [0.15, 0.2) is 29.3 Å². The third kappa shape index (κ3) is 1.65. The van der Waals surface area contributed by atoms with Crippen molar-refractivity contribution < 1.29 is 0 Å². The standard InChI is InChI=1S/C13H16N2/c1-2-5-12-10(4-1)8-11(9-15-12)13-6-3-7-14-13/h1-2,4-5,11,15H,3,6-9H2. The van der Waals surface area contributed by atoms with Crippen molar-refractivity contribution in [2.24, 2.45) is 10.9 Å². The molecule has 15 heavy (non-hydrogen) atoms. The van der Waals surface area contributed by atoms with Gasteiger partial charge in [-0.3, -0.25) is 4.99 Å². The fourth-order valence-electron chi connectivity index (χ4n) is 2.57. The summed E-state index contributed by atoms with van der Waals surface area (Å²) in [5, 5.41) is 3.51. The van der Waals surface area contributed by atoms with Gasteiger partial charge in [0.2, 0.25) is 0 Å². The molecule has 0 aliphatic carbocycles. The van der Waals surface area contributed by atoms with E-state index in [4.69, 9.17) is 0 Å². The van der Waals surface area contributed by atoms with Crippen LogP contribution >= 0.6 is 0 Å². The minimum Gasteiger partial charge on any atom is -0.384 e. The first-order chi connectivity index (χ1) is 7.43. The number of anilines is 1. The third-order valence-electron chi connectivity index (χ3n) is 3.40. The SMILES string of the molecule is c1ccc2c(c1)CC(C1=NCCC1)CN2. The lowest BCUT2D eigenvalue weighted by Crippen LogP contribution is -2.28. The van der Waals surface area contributed by atoms with Crippen molar-refractivity contribution in [1.82, 2.24) is 0 Å². The number of hydrogen-bond acceptors (Lipinski definition) is 2. The van der Waals surface area contributed by atoms with Gasteiger partial charge in [-0.05, 0) is 30.9 Å². The van der Waals surface area contributed by atoms with E-state index in [-0.39, 0.29) is 0 Å². The maximum atomic E-state index is 4.61. The highest BCUT2D eigenvalue weighted by Gasteiger charge is 2.23. The van der Waals surface area contributed by atoms with Crippen LogP contribution in [-0.2, 0) is 6.42 Å². The van der Waals surface area contributed by atoms with Gasteiger partial charge in [0.05, 0.1) is 0 Å². The van der Waals surface area contributed by atoms with E-state index >= 15 is 0 Å². The molecule has 1 atom stereocenters. The largest absolute Gasteiger partial charge is 0.384 e. The van der Waals surface area contributed by atoms with Gasteiger partial charge < -0.3 is 5.32 Å². The Bertz CT molecular complexity index is 395. The van der Waals surface area contributed by atoms with Gasteiger partial charge in [-0.2, -0.15) is 0 Å². The van der Waals surface area contributed by atoms with Gasteiger partial charge in [-0.1, -0.05) is 18.2 Å². The molecule has 2 aliphatic heterocycles. The zero-order valence-electron chi connectivity index (χ0n) is 8.87. The second-order valence-corrected chi connectivity index (χ2v) is 4.42. The molecule has 0 aromatic heterocycles. The highest BCUT2D eigenvalue weighted by molar-refractivity contribution is 5.89. The van der Waals surface area contributed by atoms with E-state index in [9.17, 15) is 0 Å². The van der Waals surface area contributed by atoms with Crippen LogP contribution in [0, 0.1) is 5.92 Å². The molecule has 0 bridgehead atoms. The van der Waals surface area contributed by atoms with Gasteiger partial charge >= 0.3 is 0 Å². The smallest absolute Gasteiger partial charge is 0.0392 e. The van der Waals surface area contributed by atoms with Gasteiger partial charge in [0.1, 0.15) is 0 Å². The molecule has 1 unspecified atom stereocenters. The van der Waals surface area contributed by atoms with Crippen molar-refractivity contribution in [3.63, 3.8) is 0 Å². The number of nitrogens with one attached hydrogen (secondary N) is 1. The molecule has 0 saturated carbocycles. The Morgan fingerprint density at radius 2 is 2.20 bits per heavy atom. The number of nitrogens with zero attached hydrogens (tertiary/aromatic N) is 1. The summed E-state index contributed by atoms with van der Waals surface area (Å²) in [5.41, 5.74) is 4.20. The lowest BCUT2D eigenvalue weighted by Gasteiger charge is -2.26. The lowest BCUT2D eigenvalue weighted by molar-refractivity contribution is 0.690. The summed E-state index contributed by atoms with van der Waals surface area (Å²) in [6, 6.07) is 8.62. The Morgan fingerprint density at radius 3 is 3.07 bits per heavy atom. The first kappa shape index (κ1) is 8.96. The van der Waals surface area contributed by atoms with Crippen LogP contribution in [0.1, 0.15) is 18.4 Å².